The van der Waals surface area contributed by atoms with E-state index in [1.807, 2.05) is 11.8 Å². The second-order valence-electron chi connectivity index (χ2n) is 3.39. The molecule has 0 unspecified atom stereocenters. The molecule has 2 aliphatic carbocycles. The lowest BCUT2D eigenvalue weighted by Gasteiger charge is -2.17. The van der Waals surface area contributed by atoms with Gasteiger partial charge in [0.1, 0.15) is 5.78 Å². The highest BCUT2D eigenvalue weighted by Gasteiger charge is 2.44. The molecule has 2 rings (SSSR count). The summed E-state index contributed by atoms with van der Waals surface area (Å²) in [6.07, 6.45) is 5.52. The molecule has 0 aromatic carbocycles. The molecule has 0 saturated heterocycles. The number of hydrogen-bond acceptors (Lipinski definition) is 2. The molecule has 0 aromatic heterocycles. The minimum absolute atomic E-state index is 0.444. The average Bonchev–Trinajstić information content (AvgIpc) is 2.44. The lowest BCUT2D eigenvalue weighted by atomic mass is 9.99. The number of carbonyl (C=O) groups is 1. The second-order valence-corrected chi connectivity index (χ2v) is 4.47. The van der Waals surface area contributed by atoms with Gasteiger partial charge in [-0.2, -0.15) is 11.8 Å². The summed E-state index contributed by atoms with van der Waals surface area (Å²) in [6, 6.07) is 0. The van der Waals surface area contributed by atoms with Crippen molar-refractivity contribution < 1.29 is 4.79 Å². The summed E-state index contributed by atoms with van der Waals surface area (Å²) in [4.78, 5) is 11.2. The van der Waals surface area contributed by atoms with E-state index in [0.717, 1.165) is 12.3 Å². The minimum atomic E-state index is 0.444. The molecule has 2 heteroatoms. The maximum atomic E-state index is 11.2. The third-order valence-corrected chi connectivity index (χ3v) is 3.93. The van der Waals surface area contributed by atoms with Gasteiger partial charge in [-0.3, -0.25) is 4.79 Å². The quantitative estimate of drug-likeness (QED) is 0.575. The summed E-state index contributed by atoms with van der Waals surface area (Å²) in [5, 5.41) is 0.672. The molecule has 0 amide bonds. The molecule has 0 radical (unpaired) electrons. The van der Waals surface area contributed by atoms with Crippen molar-refractivity contribution >= 4 is 17.5 Å². The largest absolute Gasteiger partial charge is 0.299 e. The maximum absolute atomic E-state index is 11.2. The molecule has 0 heterocycles. The number of rotatable bonds is 1. The van der Waals surface area contributed by atoms with E-state index < -0.39 is 0 Å². The van der Waals surface area contributed by atoms with Gasteiger partial charge in [0.25, 0.3) is 0 Å². The van der Waals surface area contributed by atoms with Gasteiger partial charge in [0, 0.05) is 17.6 Å². The van der Waals surface area contributed by atoms with Crippen LogP contribution in [0.1, 0.15) is 19.3 Å². The van der Waals surface area contributed by atoms with Crippen LogP contribution < -0.4 is 0 Å². The minimum Gasteiger partial charge on any atom is -0.299 e. The highest BCUT2D eigenvalue weighted by Crippen LogP contribution is 2.46. The molecular weight excluding hydrogens is 144 g/mol. The van der Waals surface area contributed by atoms with Crippen molar-refractivity contribution in [3.63, 3.8) is 0 Å². The van der Waals surface area contributed by atoms with Crippen molar-refractivity contribution in [1.82, 2.24) is 0 Å². The van der Waals surface area contributed by atoms with Crippen LogP contribution in [0.3, 0.4) is 0 Å². The molecular formula is C8H12OS. The Hall–Kier alpha value is 0.0200. The Morgan fingerprint density at radius 3 is 2.70 bits per heavy atom. The summed E-state index contributed by atoms with van der Waals surface area (Å²) in [7, 11) is 0. The third kappa shape index (κ3) is 0.815. The zero-order valence-corrected chi connectivity index (χ0v) is 6.99. The molecule has 0 spiro atoms. The number of carbonyl (C=O) groups excluding carboxylic acids is 1. The lowest BCUT2D eigenvalue weighted by molar-refractivity contribution is -0.121. The van der Waals surface area contributed by atoms with E-state index in [4.69, 9.17) is 0 Å². The molecule has 0 N–H and O–H groups in total. The van der Waals surface area contributed by atoms with Gasteiger partial charge in [0.2, 0.25) is 0 Å². The average molecular weight is 156 g/mol. The van der Waals surface area contributed by atoms with Crippen molar-refractivity contribution in [1.29, 1.82) is 0 Å². The van der Waals surface area contributed by atoms with E-state index in [9.17, 15) is 4.79 Å². The van der Waals surface area contributed by atoms with E-state index in [0.29, 0.717) is 17.0 Å². The van der Waals surface area contributed by atoms with Gasteiger partial charge in [-0.15, -0.1) is 0 Å². The van der Waals surface area contributed by atoms with Crippen LogP contribution in [0.2, 0.25) is 0 Å². The van der Waals surface area contributed by atoms with Gasteiger partial charge in [-0.05, 0) is 25.0 Å². The Bertz CT molecular complexity index is 167. The Balaban J connectivity index is 2.12. The van der Waals surface area contributed by atoms with Crippen LogP contribution in [0.5, 0.6) is 0 Å². The molecule has 2 fully saturated rings. The van der Waals surface area contributed by atoms with Crippen LogP contribution in [-0.4, -0.2) is 17.3 Å². The van der Waals surface area contributed by atoms with Crippen molar-refractivity contribution in [2.75, 3.05) is 6.26 Å². The first-order valence-electron chi connectivity index (χ1n) is 3.86. The van der Waals surface area contributed by atoms with Gasteiger partial charge < -0.3 is 0 Å². The van der Waals surface area contributed by atoms with Crippen LogP contribution in [0, 0.1) is 11.8 Å². The Morgan fingerprint density at radius 2 is 2.30 bits per heavy atom. The van der Waals surface area contributed by atoms with Gasteiger partial charge in [0.05, 0.1) is 0 Å². The van der Waals surface area contributed by atoms with Crippen molar-refractivity contribution in [3.05, 3.63) is 0 Å². The van der Waals surface area contributed by atoms with Gasteiger partial charge in [0.15, 0.2) is 0 Å². The summed E-state index contributed by atoms with van der Waals surface area (Å²) < 4.78 is 0. The number of hydrogen-bond donors (Lipinski definition) is 0. The van der Waals surface area contributed by atoms with E-state index in [-0.39, 0.29) is 0 Å². The van der Waals surface area contributed by atoms with Crippen LogP contribution in [0.25, 0.3) is 0 Å². The highest BCUT2D eigenvalue weighted by molar-refractivity contribution is 7.99. The fourth-order valence-corrected chi connectivity index (χ4v) is 3.36. The fraction of sp³-hybridized carbons (Fsp3) is 0.875. The van der Waals surface area contributed by atoms with Gasteiger partial charge in [-0.1, -0.05) is 0 Å². The van der Waals surface area contributed by atoms with E-state index in [2.05, 4.69) is 6.26 Å². The molecule has 0 aromatic rings. The molecule has 3 atom stereocenters. The van der Waals surface area contributed by atoms with Crippen LogP contribution in [0.4, 0.5) is 0 Å². The first-order chi connectivity index (χ1) is 4.81. The second kappa shape index (κ2) is 2.26. The Labute approximate surface area is 65.6 Å². The summed E-state index contributed by atoms with van der Waals surface area (Å²) in [5.74, 6) is 1.74. The molecule has 2 aliphatic rings. The normalized spacial score (nSPS) is 44.9. The van der Waals surface area contributed by atoms with Crippen LogP contribution in [0.15, 0.2) is 0 Å². The number of fused-ring (bicyclic) bond motifs is 2. The van der Waals surface area contributed by atoms with Gasteiger partial charge >= 0.3 is 0 Å². The predicted molar refractivity (Wildman–Crippen MR) is 43.1 cm³/mol. The summed E-state index contributed by atoms with van der Waals surface area (Å²) in [5.41, 5.74) is 0. The van der Waals surface area contributed by atoms with Crippen molar-refractivity contribution in [3.8, 4) is 0 Å². The van der Waals surface area contributed by atoms with Crippen molar-refractivity contribution in [2.24, 2.45) is 11.8 Å². The van der Waals surface area contributed by atoms with E-state index >= 15 is 0 Å². The summed E-state index contributed by atoms with van der Waals surface area (Å²) in [6.45, 7) is 0. The van der Waals surface area contributed by atoms with Crippen LogP contribution >= 0.6 is 11.8 Å². The lowest BCUT2D eigenvalue weighted by Crippen LogP contribution is -2.21. The molecule has 1 nitrogen and oxygen atoms in total. The molecule has 56 valence electrons. The Morgan fingerprint density at radius 1 is 1.50 bits per heavy atom. The molecule has 2 bridgehead atoms. The smallest absolute Gasteiger partial charge is 0.137 e. The zero-order valence-electron chi connectivity index (χ0n) is 6.17. The van der Waals surface area contributed by atoms with E-state index in [1.165, 1.54) is 12.8 Å². The number of Topliss-reactive ketones (excluding diaryl/α,β-unsaturated/α-hetero) is 1. The van der Waals surface area contributed by atoms with Crippen molar-refractivity contribution in [2.45, 2.75) is 24.5 Å². The van der Waals surface area contributed by atoms with E-state index in [1.54, 1.807) is 0 Å². The number of thioether (sulfide) groups is 1. The zero-order chi connectivity index (χ0) is 7.14. The first kappa shape index (κ1) is 6.71. The topological polar surface area (TPSA) is 17.1 Å². The highest BCUT2D eigenvalue weighted by atomic mass is 32.2. The molecule has 2 saturated carbocycles. The SMILES string of the molecule is CS[C@H]1C[C@H]2CC(=O)[C@H]1C2. The fourth-order valence-electron chi connectivity index (χ4n) is 2.30. The Kier molecular flexibility index (Phi) is 1.52. The molecule has 0 aliphatic heterocycles. The third-order valence-electron chi connectivity index (χ3n) is 2.81. The monoisotopic (exact) mass is 156 g/mol. The molecule has 10 heavy (non-hydrogen) atoms. The van der Waals surface area contributed by atoms with Gasteiger partial charge in [-0.25, -0.2) is 0 Å². The predicted octanol–water partition coefficient (Wildman–Crippen LogP) is 1.72. The van der Waals surface area contributed by atoms with Crippen LogP contribution in [-0.2, 0) is 4.79 Å². The number of ketones is 1. The summed E-state index contributed by atoms with van der Waals surface area (Å²) >= 11 is 1.88. The first-order valence-corrected chi connectivity index (χ1v) is 5.15. The standard InChI is InChI=1S/C8H12OS/c1-10-8-4-5-2-6(8)7(9)3-5/h5-6,8H,2-4H2,1H3/t5-,6-,8+/m1/s1. The maximum Gasteiger partial charge on any atom is 0.137 e.